The molecule has 3 unspecified atom stereocenters. The van der Waals surface area contributed by atoms with Gasteiger partial charge in [0.15, 0.2) is 0 Å². The molecule has 0 aliphatic heterocycles. The Hall–Kier alpha value is -0.220. The zero-order valence-electron chi connectivity index (χ0n) is 12.8. The van der Waals surface area contributed by atoms with E-state index in [0.717, 1.165) is 37.4 Å². The minimum atomic E-state index is -0.425. The highest BCUT2D eigenvalue weighted by atomic mass is 32.2. The van der Waals surface area contributed by atoms with Crippen LogP contribution in [0, 0.1) is 11.8 Å². The fraction of sp³-hybridized carbons (Fsp3) is 0.933. The second kappa shape index (κ2) is 8.15. The van der Waals surface area contributed by atoms with Gasteiger partial charge in [0.2, 0.25) is 0 Å². The minimum Gasteiger partial charge on any atom is -0.468 e. The molecule has 19 heavy (non-hydrogen) atoms. The number of esters is 1. The third-order valence-corrected chi connectivity index (χ3v) is 5.86. The number of ether oxygens (including phenoxy) is 1. The predicted octanol–water partition coefficient (Wildman–Crippen LogP) is 3.09. The molecule has 0 spiro atoms. The summed E-state index contributed by atoms with van der Waals surface area (Å²) in [5.74, 6) is 3.52. The van der Waals surface area contributed by atoms with Crippen LogP contribution in [-0.2, 0) is 9.53 Å². The lowest BCUT2D eigenvalue weighted by molar-refractivity contribution is -0.150. The molecule has 1 saturated carbocycles. The first-order chi connectivity index (χ1) is 9.10. The maximum Gasteiger partial charge on any atom is 0.326 e. The zero-order valence-corrected chi connectivity index (χ0v) is 13.6. The van der Waals surface area contributed by atoms with Gasteiger partial charge < -0.3 is 10.1 Å². The van der Waals surface area contributed by atoms with E-state index in [1.54, 1.807) is 0 Å². The summed E-state index contributed by atoms with van der Waals surface area (Å²) in [7, 11) is 3.38. The number of likely N-dealkylation sites (N-methyl/N-ethyl adjacent to an activating group) is 1. The Kier molecular flexibility index (Phi) is 7.22. The Morgan fingerprint density at radius 3 is 2.89 bits per heavy atom. The number of carbonyl (C=O) groups excluding carboxylic acids is 1. The van der Waals surface area contributed by atoms with Crippen LogP contribution in [0.3, 0.4) is 0 Å². The number of nitrogens with one attached hydrogen (secondary N) is 1. The number of methoxy groups -OCH3 is 1. The third-order valence-electron chi connectivity index (χ3n) is 4.53. The van der Waals surface area contributed by atoms with Gasteiger partial charge in [-0.1, -0.05) is 26.7 Å². The van der Waals surface area contributed by atoms with E-state index in [4.69, 9.17) is 4.74 Å². The number of thioether (sulfide) groups is 1. The number of carbonyl (C=O) groups is 1. The van der Waals surface area contributed by atoms with Crippen molar-refractivity contribution < 1.29 is 9.53 Å². The van der Waals surface area contributed by atoms with Crippen molar-refractivity contribution in [1.82, 2.24) is 5.32 Å². The molecule has 0 amide bonds. The minimum absolute atomic E-state index is 0.0792. The highest BCUT2D eigenvalue weighted by Crippen LogP contribution is 2.39. The first-order valence-electron chi connectivity index (χ1n) is 7.45. The van der Waals surface area contributed by atoms with Crippen LogP contribution >= 0.6 is 11.8 Å². The van der Waals surface area contributed by atoms with E-state index < -0.39 is 5.54 Å². The lowest BCUT2D eigenvalue weighted by atomic mass is 9.85. The summed E-state index contributed by atoms with van der Waals surface area (Å²) in [4.78, 5) is 12.1. The average Bonchev–Trinajstić information content (AvgIpc) is 2.86. The van der Waals surface area contributed by atoms with Crippen molar-refractivity contribution in [2.75, 3.05) is 25.7 Å². The predicted molar refractivity (Wildman–Crippen MR) is 82.5 cm³/mol. The maximum atomic E-state index is 12.1. The Morgan fingerprint density at radius 2 is 2.32 bits per heavy atom. The normalized spacial score (nSPS) is 28.3. The summed E-state index contributed by atoms with van der Waals surface area (Å²) in [6.45, 7) is 4.54. The van der Waals surface area contributed by atoms with E-state index in [-0.39, 0.29) is 5.97 Å². The Balaban J connectivity index is 2.45. The maximum absolute atomic E-state index is 12.1. The fourth-order valence-corrected chi connectivity index (χ4v) is 4.23. The summed E-state index contributed by atoms with van der Waals surface area (Å²) >= 11 is 2.02. The average molecular weight is 287 g/mol. The molecule has 1 rings (SSSR count). The van der Waals surface area contributed by atoms with Crippen molar-refractivity contribution >= 4 is 17.7 Å². The van der Waals surface area contributed by atoms with Crippen LogP contribution < -0.4 is 5.32 Å². The van der Waals surface area contributed by atoms with E-state index in [1.807, 2.05) is 18.8 Å². The SMILES string of the molecule is CCC(C)CSCCC1CCCC1(NC)C(=O)OC. The summed E-state index contributed by atoms with van der Waals surface area (Å²) in [6, 6.07) is 0. The zero-order chi connectivity index (χ0) is 14.3. The van der Waals surface area contributed by atoms with Gasteiger partial charge >= 0.3 is 5.97 Å². The lowest BCUT2D eigenvalue weighted by Crippen LogP contribution is -2.53. The molecular weight excluding hydrogens is 258 g/mol. The molecule has 1 fully saturated rings. The molecule has 0 radical (unpaired) electrons. The quantitative estimate of drug-likeness (QED) is 0.550. The molecule has 0 bridgehead atoms. The van der Waals surface area contributed by atoms with Crippen LogP contribution in [0.5, 0.6) is 0 Å². The van der Waals surface area contributed by atoms with E-state index in [0.29, 0.717) is 5.92 Å². The molecule has 0 aromatic rings. The molecule has 1 N–H and O–H groups in total. The summed E-state index contributed by atoms with van der Waals surface area (Å²) in [5, 5.41) is 3.26. The lowest BCUT2D eigenvalue weighted by Gasteiger charge is -2.32. The van der Waals surface area contributed by atoms with Crippen molar-refractivity contribution in [3.05, 3.63) is 0 Å². The van der Waals surface area contributed by atoms with Crippen molar-refractivity contribution in [1.29, 1.82) is 0 Å². The first kappa shape index (κ1) is 16.8. The van der Waals surface area contributed by atoms with Gasteiger partial charge in [-0.15, -0.1) is 0 Å². The molecule has 112 valence electrons. The fourth-order valence-electron chi connectivity index (χ4n) is 2.98. The third kappa shape index (κ3) is 4.12. The van der Waals surface area contributed by atoms with Crippen LogP contribution in [0.25, 0.3) is 0 Å². The number of hydrogen-bond acceptors (Lipinski definition) is 4. The standard InChI is InChI=1S/C15H29NO2S/c1-5-12(2)11-19-10-8-13-7-6-9-15(13,16-3)14(17)18-4/h12-13,16H,5-11H2,1-4H3. The van der Waals surface area contributed by atoms with Gasteiger partial charge in [-0.25, -0.2) is 0 Å². The second-order valence-corrected chi connectivity index (χ2v) is 6.83. The van der Waals surface area contributed by atoms with E-state index in [2.05, 4.69) is 19.2 Å². The van der Waals surface area contributed by atoms with Crippen molar-refractivity contribution in [3.8, 4) is 0 Å². The van der Waals surface area contributed by atoms with Crippen LogP contribution in [0.4, 0.5) is 0 Å². The molecule has 3 nitrogen and oxygen atoms in total. The van der Waals surface area contributed by atoms with E-state index in [9.17, 15) is 4.79 Å². The molecule has 0 aromatic carbocycles. The Labute approximate surface area is 122 Å². The van der Waals surface area contributed by atoms with Crippen LogP contribution in [0.15, 0.2) is 0 Å². The number of rotatable bonds is 8. The highest BCUT2D eigenvalue weighted by Gasteiger charge is 2.48. The highest BCUT2D eigenvalue weighted by molar-refractivity contribution is 7.99. The Bertz CT molecular complexity index is 285. The largest absolute Gasteiger partial charge is 0.468 e. The molecule has 0 saturated heterocycles. The summed E-state index contributed by atoms with van der Waals surface area (Å²) < 4.78 is 5.01. The van der Waals surface area contributed by atoms with Gasteiger partial charge in [-0.05, 0) is 49.7 Å². The van der Waals surface area contributed by atoms with Gasteiger partial charge in [0.1, 0.15) is 5.54 Å². The van der Waals surface area contributed by atoms with Crippen molar-refractivity contribution in [2.24, 2.45) is 11.8 Å². The van der Waals surface area contributed by atoms with Gasteiger partial charge in [-0.2, -0.15) is 11.8 Å². The van der Waals surface area contributed by atoms with E-state index in [1.165, 1.54) is 19.3 Å². The van der Waals surface area contributed by atoms with E-state index >= 15 is 0 Å². The van der Waals surface area contributed by atoms with Gasteiger partial charge in [0.25, 0.3) is 0 Å². The van der Waals surface area contributed by atoms with Gasteiger partial charge in [0, 0.05) is 0 Å². The monoisotopic (exact) mass is 287 g/mol. The van der Waals surface area contributed by atoms with Crippen molar-refractivity contribution in [3.63, 3.8) is 0 Å². The molecule has 0 heterocycles. The summed E-state index contributed by atoms with van der Waals surface area (Å²) in [5.41, 5.74) is -0.425. The van der Waals surface area contributed by atoms with Gasteiger partial charge in [-0.3, -0.25) is 4.79 Å². The second-order valence-electron chi connectivity index (χ2n) is 5.68. The topological polar surface area (TPSA) is 38.3 Å². The molecular formula is C15H29NO2S. The van der Waals surface area contributed by atoms with Crippen LogP contribution in [-0.4, -0.2) is 37.2 Å². The first-order valence-corrected chi connectivity index (χ1v) is 8.61. The number of hydrogen-bond donors (Lipinski definition) is 1. The molecule has 0 aromatic heterocycles. The molecule has 4 heteroatoms. The molecule has 1 aliphatic carbocycles. The van der Waals surface area contributed by atoms with Crippen LogP contribution in [0.1, 0.15) is 46.0 Å². The summed E-state index contributed by atoms with van der Waals surface area (Å²) in [6.07, 6.45) is 5.53. The van der Waals surface area contributed by atoms with Crippen LogP contribution in [0.2, 0.25) is 0 Å². The van der Waals surface area contributed by atoms with Gasteiger partial charge in [0.05, 0.1) is 7.11 Å². The molecule has 3 atom stereocenters. The smallest absolute Gasteiger partial charge is 0.326 e. The van der Waals surface area contributed by atoms with Crippen molar-refractivity contribution in [2.45, 2.75) is 51.5 Å². The Morgan fingerprint density at radius 1 is 1.58 bits per heavy atom. The molecule has 1 aliphatic rings.